The van der Waals surface area contributed by atoms with E-state index >= 15 is 0 Å². The van der Waals surface area contributed by atoms with Crippen molar-refractivity contribution in [2.24, 2.45) is 0 Å². The standard InChI is InChI=1S/C15H13F2N3O2/c1-18-14(21)12-6-5-10(17)8-13(12)20-15(22)19-11-4-2-3-9(16)7-11/h2-8H,1H3,(H,18,21)(H2,19,20,22). The van der Waals surface area contributed by atoms with Crippen molar-refractivity contribution in [2.45, 2.75) is 0 Å². The molecule has 2 rings (SSSR count). The predicted molar refractivity (Wildman–Crippen MR) is 78.8 cm³/mol. The van der Waals surface area contributed by atoms with Crippen molar-refractivity contribution in [3.8, 4) is 0 Å². The average Bonchev–Trinajstić information content (AvgIpc) is 2.46. The second-order valence-electron chi connectivity index (χ2n) is 4.36. The van der Waals surface area contributed by atoms with Gasteiger partial charge in [-0.2, -0.15) is 0 Å². The molecule has 3 amide bonds. The van der Waals surface area contributed by atoms with E-state index in [0.29, 0.717) is 0 Å². The van der Waals surface area contributed by atoms with E-state index in [1.807, 2.05) is 0 Å². The Kier molecular flexibility index (Phi) is 4.67. The van der Waals surface area contributed by atoms with E-state index in [2.05, 4.69) is 16.0 Å². The molecule has 5 nitrogen and oxygen atoms in total. The number of carbonyl (C=O) groups is 2. The number of urea groups is 1. The van der Waals surface area contributed by atoms with Crippen LogP contribution in [0.25, 0.3) is 0 Å². The minimum absolute atomic E-state index is 0.00764. The molecule has 114 valence electrons. The molecule has 7 heteroatoms. The lowest BCUT2D eigenvalue weighted by Gasteiger charge is -2.11. The summed E-state index contributed by atoms with van der Waals surface area (Å²) >= 11 is 0. The summed E-state index contributed by atoms with van der Waals surface area (Å²) in [6, 6.07) is 7.96. The van der Waals surface area contributed by atoms with Crippen LogP contribution in [0.15, 0.2) is 42.5 Å². The van der Waals surface area contributed by atoms with Crippen LogP contribution >= 0.6 is 0 Å². The number of amides is 3. The number of nitrogens with one attached hydrogen (secondary N) is 3. The van der Waals surface area contributed by atoms with Crippen molar-refractivity contribution in [1.82, 2.24) is 5.32 Å². The Labute approximate surface area is 125 Å². The summed E-state index contributed by atoms with van der Waals surface area (Å²) in [5.41, 5.74) is 0.349. The van der Waals surface area contributed by atoms with Gasteiger partial charge in [-0.1, -0.05) is 6.07 Å². The van der Waals surface area contributed by atoms with Gasteiger partial charge in [0.2, 0.25) is 0 Å². The average molecular weight is 305 g/mol. The first-order valence-corrected chi connectivity index (χ1v) is 6.35. The van der Waals surface area contributed by atoms with Crippen molar-refractivity contribution in [2.75, 3.05) is 17.7 Å². The van der Waals surface area contributed by atoms with E-state index in [4.69, 9.17) is 0 Å². The van der Waals surface area contributed by atoms with E-state index in [-0.39, 0.29) is 16.9 Å². The van der Waals surface area contributed by atoms with Crippen LogP contribution in [0.1, 0.15) is 10.4 Å². The van der Waals surface area contributed by atoms with Gasteiger partial charge in [-0.25, -0.2) is 13.6 Å². The Hall–Kier alpha value is -2.96. The van der Waals surface area contributed by atoms with Gasteiger partial charge in [-0.05, 0) is 36.4 Å². The Bertz CT molecular complexity index is 720. The number of halogens is 2. The van der Waals surface area contributed by atoms with Crippen molar-refractivity contribution >= 4 is 23.3 Å². The zero-order valence-corrected chi connectivity index (χ0v) is 11.6. The molecule has 0 aliphatic carbocycles. The molecule has 0 radical (unpaired) electrons. The van der Waals surface area contributed by atoms with Gasteiger partial charge in [-0.15, -0.1) is 0 Å². The maximum atomic E-state index is 13.3. The number of rotatable bonds is 3. The molecule has 0 unspecified atom stereocenters. The molecule has 0 spiro atoms. The third-order valence-corrected chi connectivity index (χ3v) is 2.78. The summed E-state index contributed by atoms with van der Waals surface area (Å²) in [4.78, 5) is 23.5. The van der Waals surface area contributed by atoms with Crippen LogP contribution in [-0.4, -0.2) is 19.0 Å². The molecule has 0 saturated heterocycles. The fourth-order valence-corrected chi connectivity index (χ4v) is 1.80. The van der Waals surface area contributed by atoms with E-state index < -0.39 is 23.6 Å². The number of hydrogen-bond acceptors (Lipinski definition) is 2. The quantitative estimate of drug-likeness (QED) is 0.816. The Morgan fingerprint density at radius 1 is 0.955 bits per heavy atom. The summed E-state index contributed by atoms with van der Waals surface area (Å²) in [7, 11) is 1.42. The summed E-state index contributed by atoms with van der Waals surface area (Å²) in [5.74, 6) is -1.58. The van der Waals surface area contributed by atoms with Crippen molar-refractivity contribution in [3.05, 3.63) is 59.7 Å². The van der Waals surface area contributed by atoms with Gasteiger partial charge in [0.25, 0.3) is 5.91 Å². The Morgan fingerprint density at radius 3 is 2.36 bits per heavy atom. The second kappa shape index (κ2) is 6.66. The summed E-state index contributed by atoms with van der Waals surface area (Å²) in [6.07, 6.45) is 0. The highest BCUT2D eigenvalue weighted by Gasteiger charge is 2.13. The van der Waals surface area contributed by atoms with E-state index in [0.717, 1.165) is 18.2 Å². The molecule has 0 heterocycles. The topological polar surface area (TPSA) is 70.2 Å². The van der Waals surface area contributed by atoms with Crippen molar-refractivity contribution < 1.29 is 18.4 Å². The predicted octanol–water partition coefficient (Wildman–Crippen LogP) is 2.97. The summed E-state index contributed by atoms with van der Waals surface area (Å²) in [5, 5.41) is 7.14. The van der Waals surface area contributed by atoms with Crippen LogP contribution < -0.4 is 16.0 Å². The molecule has 0 atom stereocenters. The monoisotopic (exact) mass is 305 g/mol. The molecule has 3 N–H and O–H groups in total. The summed E-state index contributed by atoms with van der Waals surface area (Å²) < 4.78 is 26.3. The van der Waals surface area contributed by atoms with Gasteiger partial charge in [0, 0.05) is 12.7 Å². The molecule has 0 aromatic heterocycles. The van der Waals surface area contributed by atoms with Crippen LogP contribution in [0.3, 0.4) is 0 Å². The minimum atomic E-state index is -0.721. The zero-order chi connectivity index (χ0) is 16.1. The Morgan fingerprint density at radius 2 is 1.68 bits per heavy atom. The fourth-order valence-electron chi connectivity index (χ4n) is 1.80. The smallest absolute Gasteiger partial charge is 0.323 e. The lowest BCUT2D eigenvalue weighted by Crippen LogP contribution is -2.24. The highest BCUT2D eigenvalue weighted by atomic mass is 19.1. The molecule has 0 bridgehead atoms. The highest BCUT2D eigenvalue weighted by Crippen LogP contribution is 2.18. The molecule has 0 fully saturated rings. The van der Waals surface area contributed by atoms with Gasteiger partial charge in [0.15, 0.2) is 0 Å². The SMILES string of the molecule is CNC(=O)c1ccc(F)cc1NC(=O)Nc1cccc(F)c1. The zero-order valence-electron chi connectivity index (χ0n) is 11.6. The van der Waals surface area contributed by atoms with Gasteiger partial charge < -0.3 is 16.0 Å². The van der Waals surface area contributed by atoms with Gasteiger partial charge in [0.05, 0.1) is 11.3 Å². The minimum Gasteiger partial charge on any atom is -0.355 e. The van der Waals surface area contributed by atoms with Crippen molar-refractivity contribution in [3.63, 3.8) is 0 Å². The normalized spacial score (nSPS) is 9.95. The van der Waals surface area contributed by atoms with Crippen molar-refractivity contribution in [1.29, 1.82) is 0 Å². The van der Waals surface area contributed by atoms with E-state index in [1.165, 1.54) is 31.3 Å². The number of carbonyl (C=O) groups excluding carboxylic acids is 2. The third-order valence-electron chi connectivity index (χ3n) is 2.78. The van der Waals surface area contributed by atoms with E-state index in [1.54, 1.807) is 0 Å². The maximum absolute atomic E-state index is 13.3. The van der Waals surface area contributed by atoms with Crippen LogP contribution in [0, 0.1) is 11.6 Å². The van der Waals surface area contributed by atoms with E-state index in [9.17, 15) is 18.4 Å². The van der Waals surface area contributed by atoms with Gasteiger partial charge in [0.1, 0.15) is 11.6 Å². The van der Waals surface area contributed by atoms with Crippen LogP contribution in [0.5, 0.6) is 0 Å². The highest BCUT2D eigenvalue weighted by molar-refractivity contribution is 6.06. The van der Waals surface area contributed by atoms with Gasteiger partial charge in [-0.3, -0.25) is 4.79 Å². The van der Waals surface area contributed by atoms with Crippen LogP contribution in [0.2, 0.25) is 0 Å². The first kappa shape index (κ1) is 15.4. The maximum Gasteiger partial charge on any atom is 0.323 e. The van der Waals surface area contributed by atoms with Crippen LogP contribution in [-0.2, 0) is 0 Å². The number of anilines is 2. The molecule has 0 aliphatic rings. The molecular formula is C15H13F2N3O2. The molecular weight excluding hydrogens is 292 g/mol. The lowest BCUT2D eigenvalue weighted by atomic mass is 10.1. The molecule has 22 heavy (non-hydrogen) atoms. The molecule has 2 aromatic rings. The first-order chi connectivity index (χ1) is 10.5. The molecule has 0 saturated carbocycles. The van der Waals surface area contributed by atoms with Gasteiger partial charge >= 0.3 is 6.03 Å². The number of hydrogen-bond donors (Lipinski definition) is 3. The third kappa shape index (κ3) is 3.78. The van der Waals surface area contributed by atoms with Crippen LogP contribution in [0.4, 0.5) is 25.0 Å². The number of benzene rings is 2. The second-order valence-corrected chi connectivity index (χ2v) is 4.36. The fraction of sp³-hybridized carbons (Fsp3) is 0.0667. The molecule has 2 aromatic carbocycles. The molecule has 0 aliphatic heterocycles. The first-order valence-electron chi connectivity index (χ1n) is 6.35. The Balaban J connectivity index is 2.17. The lowest BCUT2D eigenvalue weighted by molar-refractivity contribution is 0.0964. The summed E-state index contributed by atoms with van der Waals surface area (Å²) in [6.45, 7) is 0. The largest absolute Gasteiger partial charge is 0.355 e.